The molecular formula is C17H16FN3O. The molecule has 0 amide bonds. The van der Waals surface area contributed by atoms with E-state index in [1.165, 1.54) is 10.6 Å². The molecule has 1 aromatic heterocycles. The zero-order valence-corrected chi connectivity index (χ0v) is 12.4. The van der Waals surface area contributed by atoms with E-state index in [-0.39, 0.29) is 5.39 Å². The second-order valence-electron chi connectivity index (χ2n) is 5.32. The molecule has 0 aliphatic heterocycles. The number of hydrogen-bond acceptors (Lipinski definition) is 3. The highest BCUT2D eigenvalue weighted by Gasteiger charge is 2.18. The highest BCUT2D eigenvalue weighted by molar-refractivity contribution is 5.81. The summed E-state index contributed by atoms with van der Waals surface area (Å²) in [6.45, 7) is 3.55. The molecule has 112 valence electrons. The first-order valence-corrected chi connectivity index (χ1v) is 7.03. The van der Waals surface area contributed by atoms with Crippen LogP contribution in [0, 0.1) is 12.7 Å². The lowest BCUT2D eigenvalue weighted by molar-refractivity contribution is 0.633. The average Bonchev–Trinajstić information content (AvgIpc) is 2.51. The van der Waals surface area contributed by atoms with Crippen molar-refractivity contribution in [2.45, 2.75) is 19.9 Å². The third-order valence-electron chi connectivity index (χ3n) is 3.62. The van der Waals surface area contributed by atoms with E-state index < -0.39 is 17.4 Å². The second kappa shape index (κ2) is 5.35. The molecule has 0 unspecified atom stereocenters. The molecule has 0 spiro atoms. The molecule has 1 heterocycles. The average molecular weight is 297 g/mol. The van der Waals surface area contributed by atoms with Gasteiger partial charge in [0, 0.05) is 0 Å². The summed E-state index contributed by atoms with van der Waals surface area (Å²) in [5.74, 6) is -0.156. The molecule has 1 atom stereocenters. The second-order valence-corrected chi connectivity index (χ2v) is 5.32. The standard InChI is InChI=1S/C17H16FN3O/c1-10-8-9-13(18)14-15(10)20-16(11(2)19)21(17(14)22)12-6-4-3-5-7-12/h3-9,11H,19H2,1-2H3/t11-/m0/s1. The number of benzene rings is 2. The number of nitrogens with zero attached hydrogens (tertiary/aromatic N) is 2. The van der Waals surface area contributed by atoms with Gasteiger partial charge in [0.25, 0.3) is 5.56 Å². The number of halogens is 1. The normalized spacial score (nSPS) is 12.5. The van der Waals surface area contributed by atoms with Gasteiger partial charge in [-0.2, -0.15) is 0 Å². The molecule has 0 fully saturated rings. The Bertz CT molecular complexity index is 901. The van der Waals surface area contributed by atoms with Gasteiger partial charge < -0.3 is 5.73 Å². The molecule has 0 bridgehead atoms. The Hall–Kier alpha value is -2.53. The van der Waals surface area contributed by atoms with Gasteiger partial charge in [0.2, 0.25) is 0 Å². The zero-order valence-electron chi connectivity index (χ0n) is 12.4. The fourth-order valence-corrected chi connectivity index (χ4v) is 2.53. The number of fused-ring (bicyclic) bond motifs is 1. The Morgan fingerprint density at radius 2 is 1.86 bits per heavy atom. The lowest BCUT2D eigenvalue weighted by Gasteiger charge is -2.16. The van der Waals surface area contributed by atoms with Crippen LogP contribution in [0.5, 0.6) is 0 Å². The van der Waals surface area contributed by atoms with Crippen molar-refractivity contribution < 1.29 is 4.39 Å². The van der Waals surface area contributed by atoms with Crippen LogP contribution in [0.3, 0.4) is 0 Å². The van der Waals surface area contributed by atoms with Crippen molar-refractivity contribution in [3.05, 3.63) is 70.0 Å². The van der Waals surface area contributed by atoms with Crippen molar-refractivity contribution in [3.8, 4) is 5.69 Å². The summed E-state index contributed by atoms with van der Waals surface area (Å²) >= 11 is 0. The summed E-state index contributed by atoms with van der Waals surface area (Å²) in [7, 11) is 0. The molecule has 2 N–H and O–H groups in total. The fraction of sp³-hybridized carbons (Fsp3) is 0.176. The van der Waals surface area contributed by atoms with E-state index in [2.05, 4.69) is 4.98 Å². The highest BCUT2D eigenvalue weighted by Crippen LogP contribution is 2.21. The largest absolute Gasteiger partial charge is 0.322 e. The summed E-state index contributed by atoms with van der Waals surface area (Å²) in [5, 5.41) is -0.00625. The monoisotopic (exact) mass is 297 g/mol. The van der Waals surface area contributed by atoms with Gasteiger partial charge in [0.05, 0.1) is 17.2 Å². The summed E-state index contributed by atoms with van der Waals surface area (Å²) in [4.78, 5) is 17.3. The van der Waals surface area contributed by atoms with E-state index in [0.29, 0.717) is 17.0 Å². The Labute approximate surface area is 127 Å². The molecule has 2 aromatic carbocycles. The van der Waals surface area contributed by atoms with Gasteiger partial charge in [-0.15, -0.1) is 0 Å². The smallest absolute Gasteiger partial charge is 0.269 e. The number of aromatic nitrogens is 2. The highest BCUT2D eigenvalue weighted by atomic mass is 19.1. The number of rotatable bonds is 2. The van der Waals surface area contributed by atoms with Crippen molar-refractivity contribution in [2.24, 2.45) is 5.73 Å². The van der Waals surface area contributed by atoms with E-state index in [9.17, 15) is 9.18 Å². The number of nitrogens with two attached hydrogens (primary N) is 1. The number of aryl methyl sites for hydroxylation is 1. The molecule has 22 heavy (non-hydrogen) atoms. The summed E-state index contributed by atoms with van der Waals surface area (Å²) in [6, 6.07) is 11.5. The van der Waals surface area contributed by atoms with Gasteiger partial charge >= 0.3 is 0 Å². The zero-order chi connectivity index (χ0) is 15.9. The fourth-order valence-electron chi connectivity index (χ4n) is 2.53. The predicted octanol–water partition coefficient (Wildman–Crippen LogP) is 2.85. The van der Waals surface area contributed by atoms with Gasteiger partial charge in [-0.25, -0.2) is 9.37 Å². The SMILES string of the molecule is Cc1ccc(F)c2c(=O)n(-c3ccccc3)c([C@H](C)N)nc12. The summed E-state index contributed by atoms with van der Waals surface area (Å²) < 4.78 is 15.6. The summed E-state index contributed by atoms with van der Waals surface area (Å²) in [6.07, 6.45) is 0. The number of hydrogen-bond donors (Lipinski definition) is 1. The molecule has 0 saturated carbocycles. The van der Waals surface area contributed by atoms with Crippen LogP contribution in [0.15, 0.2) is 47.3 Å². The molecule has 3 aromatic rings. The maximum Gasteiger partial charge on any atom is 0.269 e. The predicted molar refractivity (Wildman–Crippen MR) is 84.6 cm³/mol. The first kappa shape index (κ1) is 14.4. The van der Waals surface area contributed by atoms with Gasteiger partial charge in [0.1, 0.15) is 17.0 Å². The third kappa shape index (κ3) is 2.19. The van der Waals surface area contributed by atoms with Crippen molar-refractivity contribution in [1.82, 2.24) is 9.55 Å². The molecule has 0 radical (unpaired) electrons. The number of para-hydroxylation sites is 1. The van der Waals surface area contributed by atoms with Crippen molar-refractivity contribution in [3.63, 3.8) is 0 Å². The maximum absolute atomic E-state index is 14.2. The van der Waals surface area contributed by atoms with Crippen LogP contribution in [0.4, 0.5) is 4.39 Å². The van der Waals surface area contributed by atoms with E-state index in [1.807, 2.05) is 18.2 Å². The van der Waals surface area contributed by atoms with Crippen molar-refractivity contribution in [2.75, 3.05) is 0 Å². The maximum atomic E-state index is 14.2. The van der Waals surface area contributed by atoms with Gasteiger partial charge in [0.15, 0.2) is 0 Å². The van der Waals surface area contributed by atoms with E-state index in [0.717, 1.165) is 5.56 Å². The van der Waals surface area contributed by atoms with Gasteiger partial charge in [-0.3, -0.25) is 9.36 Å². The lowest BCUT2D eigenvalue weighted by Crippen LogP contribution is -2.28. The van der Waals surface area contributed by atoms with Crippen molar-refractivity contribution in [1.29, 1.82) is 0 Å². The molecular weight excluding hydrogens is 281 g/mol. The molecule has 0 aliphatic rings. The topological polar surface area (TPSA) is 60.9 Å². The Kier molecular flexibility index (Phi) is 3.50. The summed E-state index contributed by atoms with van der Waals surface area (Å²) in [5.41, 5.74) is 7.28. The van der Waals surface area contributed by atoms with E-state index in [1.54, 1.807) is 32.0 Å². The Balaban J connectivity index is 2.51. The van der Waals surface area contributed by atoms with Gasteiger partial charge in [-0.05, 0) is 37.6 Å². The van der Waals surface area contributed by atoms with Crippen LogP contribution in [-0.2, 0) is 0 Å². The minimum atomic E-state index is -0.570. The van der Waals surface area contributed by atoms with Crippen LogP contribution >= 0.6 is 0 Å². The van der Waals surface area contributed by atoms with Crippen LogP contribution in [-0.4, -0.2) is 9.55 Å². The quantitative estimate of drug-likeness (QED) is 0.791. The Morgan fingerprint density at radius 1 is 1.18 bits per heavy atom. The molecule has 3 rings (SSSR count). The van der Waals surface area contributed by atoms with Gasteiger partial charge in [-0.1, -0.05) is 24.3 Å². The first-order chi connectivity index (χ1) is 10.5. The van der Waals surface area contributed by atoms with Crippen molar-refractivity contribution >= 4 is 10.9 Å². The minimum Gasteiger partial charge on any atom is -0.322 e. The molecule has 4 nitrogen and oxygen atoms in total. The van der Waals surface area contributed by atoms with Crippen LogP contribution in [0.1, 0.15) is 24.4 Å². The van der Waals surface area contributed by atoms with E-state index >= 15 is 0 Å². The first-order valence-electron chi connectivity index (χ1n) is 7.03. The van der Waals surface area contributed by atoms with Crippen LogP contribution < -0.4 is 11.3 Å². The lowest BCUT2D eigenvalue weighted by atomic mass is 10.1. The Morgan fingerprint density at radius 3 is 2.50 bits per heavy atom. The third-order valence-corrected chi connectivity index (χ3v) is 3.62. The molecule has 5 heteroatoms. The van der Waals surface area contributed by atoms with E-state index in [4.69, 9.17) is 5.73 Å². The molecule has 0 aliphatic carbocycles. The van der Waals surface area contributed by atoms with Crippen LogP contribution in [0.25, 0.3) is 16.6 Å². The molecule has 0 saturated heterocycles. The minimum absolute atomic E-state index is 0.00625. The van der Waals surface area contributed by atoms with Crippen LogP contribution in [0.2, 0.25) is 0 Å².